The number of rotatable bonds is 3. The SMILES string of the molecule is Cn1nc(-c2ccc(N3CCNC3=O)cc2)c(O)c1-c1nc2cc3c(cc2[nH]1)CNC3. The van der Waals surface area contributed by atoms with E-state index in [0.29, 0.717) is 30.3 Å². The third kappa shape index (κ3) is 2.77. The number of aryl methyl sites for hydroxylation is 1. The number of nitrogens with one attached hydrogen (secondary N) is 3. The number of amides is 2. The van der Waals surface area contributed by atoms with Crippen LogP contribution in [0.1, 0.15) is 11.1 Å². The number of aromatic nitrogens is 4. The zero-order valence-corrected chi connectivity index (χ0v) is 16.9. The molecule has 1 fully saturated rings. The zero-order valence-electron chi connectivity index (χ0n) is 16.9. The van der Waals surface area contributed by atoms with Crippen molar-refractivity contribution in [2.24, 2.45) is 7.05 Å². The van der Waals surface area contributed by atoms with Crippen LogP contribution in [0.3, 0.4) is 0 Å². The molecule has 2 aliphatic rings. The second kappa shape index (κ2) is 6.58. The molecule has 2 aromatic carbocycles. The highest BCUT2D eigenvalue weighted by Gasteiger charge is 2.24. The maximum atomic E-state index is 11.9. The highest BCUT2D eigenvalue weighted by Crippen LogP contribution is 2.38. The number of carbonyl (C=O) groups is 1. The molecule has 0 saturated carbocycles. The Labute approximate surface area is 177 Å². The van der Waals surface area contributed by atoms with Gasteiger partial charge in [0.1, 0.15) is 11.4 Å². The topological polar surface area (TPSA) is 111 Å². The lowest BCUT2D eigenvalue weighted by Crippen LogP contribution is -2.27. The molecule has 2 aliphatic heterocycles. The van der Waals surface area contributed by atoms with E-state index in [1.165, 1.54) is 11.1 Å². The number of aromatic hydroxyl groups is 1. The predicted octanol–water partition coefficient (Wildman–Crippen LogP) is 2.47. The number of anilines is 1. The Morgan fingerprint density at radius 1 is 1.10 bits per heavy atom. The van der Waals surface area contributed by atoms with Gasteiger partial charge in [-0.3, -0.25) is 9.58 Å². The van der Waals surface area contributed by atoms with Crippen LogP contribution in [-0.2, 0) is 20.1 Å². The average molecular weight is 415 g/mol. The highest BCUT2D eigenvalue weighted by atomic mass is 16.3. The van der Waals surface area contributed by atoms with Gasteiger partial charge in [-0.05, 0) is 35.4 Å². The second-order valence-electron chi connectivity index (χ2n) is 7.93. The summed E-state index contributed by atoms with van der Waals surface area (Å²) in [5.74, 6) is 0.651. The minimum atomic E-state index is -0.0950. The highest BCUT2D eigenvalue weighted by molar-refractivity contribution is 5.94. The fraction of sp³-hybridized carbons (Fsp3) is 0.227. The van der Waals surface area contributed by atoms with Gasteiger partial charge in [0.15, 0.2) is 11.6 Å². The van der Waals surface area contributed by atoms with Crippen LogP contribution >= 0.6 is 0 Å². The number of aromatic amines is 1. The lowest BCUT2D eigenvalue weighted by Gasteiger charge is -2.14. The summed E-state index contributed by atoms with van der Waals surface area (Å²) in [6.07, 6.45) is 0. The summed E-state index contributed by atoms with van der Waals surface area (Å²) in [5.41, 5.74) is 6.92. The van der Waals surface area contributed by atoms with Crippen molar-refractivity contribution in [2.45, 2.75) is 13.1 Å². The molecule has 1 saturated heterocycles. The smallest absolute Gasteiger partial charge is 0.321 e. The first kappa shape index (κ1) is 18.0. The molecule has 4 aromatic rings. The minimum absolute atomic E-state index is 0.0717. The van der Waals surface area contributed by atoms with Crippen molar-refractivity contribution < 1.29 is 9.90 Å². The van der Waals surface area contributed by atoms with Gasteiger partial charge in [0.05, 0.1) is 11.0 Å². The Balaban J connectivity index is 1.37. The first-order valence-corrected chi connectivity index (χ1v) is 10.2. The van der Waals surface area contributed by atoms with Gasteiger partial charge in [-0.1, -0.05) is 12.1 Å². The van der Waals surface area contributed by atoms with Crippen molar-refractivity contribution >= 4 is 22.8 Å². The van der Waals surface area contributed by atoms with Crippen molar-refractivity contribution in [3.05, 3.63) is 47.5 Å². The molecule has 31 heavy (non-hydrogen) atoms. The summed E-state index contributed by atoms with van der Waals surface area (Å²) in [5, 5.41) is 21.7. The average Bonchev–Trinajstić information content (AvgIpc) is 3.53. The molecule has 0 radical (unpaired) electrons. The number of nitrogens with zero attached hydrogens (tertiary/aromatic N) is 4. The molecule has 4 N–H and O–H groups in total. The fourth-order valence-corrected chi connectivity index (χ4v) is 4.41. The molecule has 6 rings (SSSR count). The number of carbonyl (C=O) groups excluding carboxylic acids is 1. The quantitative estimate of drug-likeness (QED) is 0.411. The third-order valence-electron chi connectivity index (χ3n) is 5.99. The summed E-state index contributed by atoms with van der Waals surface area (Å²) in [4.78, 5) is 21.6. The van der Waals surface area contributed by atoms with Crippen LogP contribution < -0.4 is 15.5 Å². The summed E-state index contributed by atoms with van der Waals surface area (Å²) >= 11 is 0. The van der Waals surface area contributed by atoms with Crippen LogP contribution in [0.2, 0.25) is 0 Å². The van der Waals surface area contributed by atoms with Crippen LogP contribution in [0, 0.1) is 0 Å². The van der Waals surface area contributed by atoms with Crippen molar-refractivity contribution in [3.8, 4) is 28.5 Å². The lowest BCUT2D eigenvalue weighted by atomic mass is 10.1. The van der Waals surface area contributed by atoms with Gasteiger partial charge in [-0.2, -0.15) is 5.10 Å². The number of urea groups is 1. The summed E-state index contributed by atoms with van der Waals surface area (Å²) in [7, 11) is 1.79. The number of hydrogen-bond donors (Lipinski definition) is 4. The van der Waals surface area contributed by atoms with E-state index in [1.807, 2.05) is 24.3 Å². The van der Waals surface area contributed by atoms with Crippen molar-refractivity contribution in [1.82, 2.24) is 30.4 Å². The third-order valence-corrected chi connectivity index (χ3v) is 5.99. The van der Waals surface area contributed by atoms with E-state index >= 15 is 0 Å². The molecular weight excluding hydrogens is 394 g/mol. The Bertz CT molecular complexity index is 1300. The van der Waals surface area contributed by atoms with E-state index in [0.717, 1.165) is 35.4 Å². The van der Waals surface area contributed by atoms with Crippen LogP contribution in [0.4, 0.5) is 10.5 Å². The molecular formula is C22H21N7O2. The van der Waals surface area contributed by atoms with Gasteiger partial charge in [0.25, 0.3) is 0 Å². The molecule has 0 atom stereocenters. The van der Waals surface area contributed by atoms with Crippen LogP contribution in [0.5, 0.6) is 5.75 Å². The van der Waals surface area contributed by atoms with E-state index in [4.69, 9.17) is 4.98 Å². The zero-order chi connectivity index (χ0) is 21.1. The van der Waals surface area contributed by atoms with Crippen molar-refractivity contribution in [1.29, 1.82) is 0 Å². The number of benzene rings is 2. The first-order chi connectivity index (χ1) is 15.1. The molecule has 0 spiro atoms. The Morgan fingerprint density at radius 2 is 1.87 bits per heavy atom. The number of hydrogen-bond acceptors (Lipinski definition) is 5. The van der Waals surface area contributed by atoms with Gasteiger partial charge in [-0.15, -0.1) is 0 Å². The predicted molar refractivity (Wildman–Crippen MR) is 117 cm³/mol. The number of imidazole rings is 1. The van der Waals surface area contributed by atoms with Crippen LogP contribution in [-0.4, -0.2) is 44.0 Å². The summed E-state index contributed by atoms with van der Waals surface area (Å²) in [6.45, 7) is 2.99. The Hall–Kier alpha value is -3.85. The van der Waals surface area contributed by atoms with E-state index in [9.17, 15) is 9.90 Å². The van der Waals surface area contributed by atoms with Gasteiger partial charge in [0, 0.05) is 44.5 Å². The van der Waals surface area contributed by atoms with E-state index in [2.05, 4.69) is 32.8 Å². The lowest BCUT2D eigenvalue weighted by molar-refractivity contribution is 0.252. The molecule has 0 bridgehead atoms. The maximum Gasteiger partial charge on any atom is 0.321 e. The molecule has 4 heterocycles. The molecule has 0 unspecified atom stereocenters. The van der Waals surface area contributed by atoms with Gasteiger partial charge < -0.3 is 20.7 Å². The van der Waals surface area contributed by atoms with E-state index in [1.54, 1.807) is 16.6 Å². The number of H-pyrrole nitrogens is 1. The minimum Gasteiger partial charge on any atom is -0.504 e. The van der Waals surface area contributed by atoms with Crippen molar-refractivity contribution in [2.75, 3.05) is 18.0 Å². The molecule has 9 nitrogen and oxygen atoms in total. The van der Waals surface area contributed by atoms with E-state index in [-0.39, 0.29) is 11.8 Å². The monoisotopic (exact) mass is 415 g/mol. The first-order valence-electron chi connectivity index (χ1n) is 10.2. The maximum absolute atomic E-state index is 11.9. The van der Waals surface area contributed by atoms with Gasteiger partial charge in [-0.25, -0.2) is 9.78 Å². The molecule has 2 amide bonds. The number of fused-ring (bicyclic) bond motifs is 2. The normalized spacial score (nSPS) is 15.6. The Kier molecular flexibility index (Phi) is 3.81. The van der Waals surface area contributed by atoms with Gasteiger partial charge in [0.2, 0.25) is 0 Å². The van der Waals surface area contributed by atoms with Gasteiger partial charge >= 0.3 is 6.03 Å². The van der Waals surface area contributed by atoms with Crippen LogP contribution in [0.15, 0.2) is 36.4 Å². The van der Waals surface area contributed by atoms with E-state index < -0.39 is 0 Å². The summed E-state index contributed by atoms with van der Waals surface area (Å²) in [6, 6.07) is 11.6. The molecule has 2 aromatic heterocycles. The Morgan fingerprint density at radius 3 is 2.61 bits per heavy atom. The summed E-state index contributed by atoms with van der Waals surface area (Å²) < 4.78 is 1.64. The molecule has 0 aliphatic carbocycles. The van der Waals surface area contributed by atoms with Crippen molar-refractivity contribution in [3.63, 3.8) is 0 Å². The molecule has 9 heteroatoms. The largest absolute Gasteiger partial charge is 0.504 e. The second-order valence-corrected chi connectivity index (χ2v) is 7.93. The molecule has 156 valence electrons. The fourth-order valence-electron chi connectivity index (χ4n) is 4.41. The standard InChI is InChI=1S/C22H21N7O2/c1-28-19(21-25-16-8-13-10-23-11-14(13)9-17(16)26-21)20(30)18(27-28)12-2-4-15(5-3-12)29-7-6-24-22(29)31/h2-5,8-9,23,30H,6-7,10-11H2,1H3,(H,24,31)(H,25,26). The van der Waals surface area contributed by atoms with Crippen LogP contribution in [0.25, 0.3) is 33.8 Å².